The molecule has 0 radical (unpaired) electrons. The molecular weight excluding hydrogens is 322 g/mol. The molecule has 1 atom stereocenters. The lowest BCUT2D eigenvalue weighted by Crippen LogP contribution is -2.23. The van der Waals surface area contributed by atoms with E-state index in [1.165, 1.54) is 22.2 Å². The molecule has 3 aromatic rings. The number of nitrogens with zero attached hydrogens (tertiary/aromatic N) is 2. The van der Waals surface area contributed by atoms with Crippen LogP contribution >= 0.6 is 11.3 Å². The normalized spacial score (nSPS) is 12.7. The van der Waals surface area contributed by atoms with Crippen LogP contribution in [0.4, 0.5) is 8.78 Å². The number of halogens is 2. The number of aliphatic hydroxyl groups is 1. The van der Waals surface area contributed by atoms with Gasteiger partial charge in [0.1, 0.15) is 16.5 Å². The Hall–Kier alpha value is -2.12. The van der Waals surface area contributed by atoms with Gasteiger partial charge in [-0.3, -0.25) is 9.36 Å². The van der Waals surface area contributed by atoms with Crippen LogP contribution in [-0.4, -0.2) is 14.7 Å². The van der Waals surface area contributed by atoms with Crippen molar-refractivity contribution in [3.63, 3.8) is 0 Å². The molecule has 1 N–H and O–H groups in total. The molecule has 0 aliphatic heterocycles. The van der Waals surface area contributed by atoms with Gasteiger partial charge in [0.05, 0.1) is 24.4 Å². The van der Waals surface area contributed by atoms with Crippen molar-refractivity contribution in [2.24, 2.45) is 0 Å². The van der Waals surface area contributed by atoms with Gasteiger partial charge in [0.25, 0.3) is 5.56 Å². The highest BCUT2D eigenvalue weighted by atomic mass is 32.1. The van der Waals surface area contributed by atoms with Crippen molar-refractivity contribution in [3.05, 3.63) is 63.0 Å². The fourth-order valence-corrected chi connectivity index (χ4v) is 3.29. The van der Waals surface area contributed by atoms with Gasteiger partial charge in [-0.15, -0.1) is 11.3 Å². The van der Waals surface area contributed by atoms with E-state index >= 15 is 0 Å². The minimum atomic E-state index is -1.34. The van der Waals surface area contributed by atoms with Crippen molar-refractivity contribution in [3.8, 4) is 0 Å². The summed E-state index contributed by atoms with van der Waals surface area (Å²) in [4.78, 5) is 18.3. The third kappa shape index (κ3) is 3.02. The van der Waals surface area contributed by atoms with Crippen LogP contribution in [0.3, 0.4) is 0 Å². The van der Waals surface area contributed by atoms with E-state index in [0.717, 1.165) is 29.5 Å². The number of benzene rings is 1. The fraction of sp³-hybridized carbons (Fsp3) is 0.250. The first-order chi connectivity index (χ1) is 11.0. The highest BCUT2D eigenvalue weighted by Crippen LogP contribution is 2.22. The molecule has 0 fully saturated rings. The second kappa shape index (κ2) is 6.17. The molecule has 0 saturated carbocycles. The molecule has 4 nitrogen and oxygen atoms in total. The van der Waals surface area contributed by atoms with Crippen molar-refractivity contribution >= 4 is 21.6 Å². The van der Waals surface area contributed by atoms with E-state index in [-0.39, 0.29) is 17.7 Å². The van der Waals surface area contributed by atoms with Crippen molar-refractivity contribution < 1.29 is 13.9 Å². The Morgan fingerprint density at radius 1 is 1.35 bits per heavy atom. The third-order valence-corrected chi connectivity index (χ3v) is 4.79. The average molecular weight is 336 g/mol. The Morgan fingerprint density at radius 3 is 2.87 bits per heavy atom. The summed E-state index contributed by atoms with van der Waals surface area (Å²) in [7, 11) is 0. The lowest BCUT2D eigenvalue weighted by molar-refractivity contribution is 0.150. The minimum absolute atomic E-state index is 0.184. The molecule has 0 amide bonds. The van der Waals surface area contributed by atoms with Crippen LogP contribution in [0.2, 0.25) is 0 Å². The quantitative estimate of drug-likeness (QED) is 0.797. The predicted molar refractivity (Wildman–Crippen MR) is 84.6 cm³/mol. The lowest BCUT2D eigenvalue weighted by atomic mass is 10.1. The zero-order valence-corrected chi connectivity index (χ0v) is 13.1. The Balaban J connectivity index is 1.96. The molecular formula is C16H14F2N2O2S. The molecule has 0 aliphatic rings. The Morgan fingerprint density at radius 2 is 2.13 bits per heavy atom. The van der Waals surface area contributed by atoms with Crippen LogP contribution in [0.1, 0.15) is 23.5 Å². The molecule has 0 bridgehead atoms. The van der Waals surface area contributed by atoms with Crippen molar-refractivity contribution in [2.45, 2.75) is 26.0 Å². The van der Waals surface area contributed by atoms with Gasteiger partial charge in [-0.2, -0.15) is 0 Å². The van der Waals surface area contributed by atoms with Gasteiger partial charge < -0.3 is 5.11 Å². The van der Waals surface area contributed by atoms with Gasteiger partial charge in [-0.1, -0.05) is 6.92 Å². The average Bonchev–Trinajstić information content (AvgIpc) is 2.96. The van der Waals surface area contributed by atoms with E-state index in [1.807, 2.05) is 6.92 Å². The largest absolute Gasteiger partial charge is 0.386 e. The molecule has 120 valence electrons. The minimum Gasteiger partial charge on any atom is -0.386 e. The van der Waals surface area contributed by atoms with Crippen LogP contribution in [0.15, 0.2) is 35.4 Å². The van der Waals surface area contributed by atoms with Crippen molar-refractivity contribution in [2.75, 3.05) is 0 Å². The summed E-state index contributed by atoms with van der Waals surface area (Å²) in [6.07, 6.45) is 0.783. The molecule has 0 spiro atoms. The first-order valence-corrected chi connectivity index (χ1v) is 7.92. The molecule has 2 heterocycles. The standard InChI is InChI=1S/C16H14F2N2O2S/c1-2-10-6-12-15(23-10)19-8-20(16(12)22)7-14(21)11-5-9(17)3-4-13(11)18/h3-6,8,14,21H,2,7H2,1H3/t14-/m1/s1. The molecule has 1 aromatic carbocycles. The van der Waals surface area contributed by atoms with E-state index in [0.29, 0.717) is 10.2 Å². The summed E-state index contributed by atoms with van der Waals surface area (Å²) in [5.74, 6) is -1.36. The zero-order valence-electron chi connectivity index (χ0n) is 12.3. The maximum atomic E-state index is 13.7. The van der Waals surface area contributed by atoms with Gasteiger partial charge in [0.2, 0.25) is 0 Å². The lowest BCUT2D eigenvalue weighted by Gasteiger charge is -2.13. The SMILES string of the molecule is CCc1cc2c(=O)n(C[C@@H](O)c3cc(F)ccc3F)cnc2s1. The third-order valence-electron chi connectivity index (χ3n) is 3.60. The highest BCUT2D eigenvalue weighted by Gasteiger charge is 2.16. The number of hydrogen-bond donors (Lipinski definition) is 1. The van der Waals surface area contributed by atoms with Crippen LogP contribution in [0.25, 0.3) is 10.2 Å². The number of fused-ring (bicyclic) bond motifs is 1. The molecule has 7 heteroatoms. The van der Waals surface area contributed by atoms with Gasteiger partial charge in [-0.25, -0.2) is 13.8 Å². The number of rotatable bonds is 4. The summed E-state index contributed by atoms with van der Waals surface area (Å²) in [5, 5.41) is 10.6. The first kappa shape index (κ1) is 15.8. The van der Waals surface area contributed by atoms with E-state index in [4.69, 9.17) is 0 Å². The number of aryl methyl sites for hydroxylation is 1. The van der Waals surface area contributed by atoms with Gasteiger partial charge in [0, 0.05) is 10.4 Å². The number of aliphatic hydroxyl groups excluding tert-OH is 1. The van der Waals surface area contributed by atoms with E-state index in [1.54, 1.807) is 6.07 Å². The topological polar surface area (TPSA) is 55.1 Å². The van der Waals surface area contributed by atoms with Crippen LogP contribution in [0.5, 0.6) is 0 Å². The monoisotopic (exact) mass is 336 g/mol. The molecule has 23 heavy (non-hydrogen) atoms. The maximum absolute atomic E-state index is 13.7. The Kier molecular flexibility index (Phi) is 4.23. The molecule has 0 saturated heterocycles. The summed E-state index contributed by atoms with van der Waals surface area (Å²) in [6, 6.07) is 4.63. The van der Waals surface area contributed by atoms with E-state index in [2.05, 4.69) is 4.98 Å². The second-order valence-corrected chi connectivity index (χ2v) is 6.28. The highest BCUT2D eigenvalue weighted by molar-refractivity contribution is 7.18. The number of hydrogen-bond acceptors (Lipinski definition) is 4. The number of thiophene rings is 1. The second-order valence-electron chi connectivity index (χ2n) is 5.17. The van der Waals surface area contributed by atoms with Gasteiger partial charge in [-0.05, 0) is 30.7 Å². The summed E-state index contributed by atoms with van der Waals surface area (Å²) < 4.78 is 28.1. The van der Waals surface area contributed by atoms with Crippen LogP contribution in [-0.2, 0) is 13.0 Å². The number of aromatic nitrogens is 2. The van der Waals surface area contributed by atoms with Crippen LogP contribution in [0, 0.1) is 11.6 Å². The van der Waals surface area contributed by atoms with Crippen LogP contribution < -0.4 is 5.56 Å². The smallest absolute Gasteiger partial charge is 0.262 e. The van der Waals surface area contributed by atoms with Gasteiger partial charge >= 0.3 is 0 Å². The fourth-order valence-electron chi connectivity index (χ4n) is 2.37. The van der Waals surface area contributed by atoms with Crippen molar-refractivity contribution in [1.29, 1.82) is 0 Å². The molecule has 2 aromatic heterocycles. The van der Waals surface area contributed by atoms with E-state index in [9.17, 15) is 18.7 Å². The van der Waals surface area contributed by atoms with Gasteiger partial charge in [0.15, 0.2) is 0 Å². The Bertz CT molecular complexity index is 920. The van der Waals surface area contributed by atoms with E-state index < -0.39 is 17.7 Å². The molecule has 0 aliphatic carbocycles. The zero-order chi connectivity index (χ0) is 16.6. The van der Waals surface area contributed by atoms with Crippen molar-refractivity contribution in [1.82, 2.24) is 9.55 Å². The summed E-state index contributed by atoms with van der Waals surface area (Å²) >= 11 is 1.44. The summed E-state index contributed by atoms with van der Waals surface area (Å²) in [5.41, 5.74) is -0.488. The molecule has 0 unspecified atom stereocenters. The maximum Gasteiger partial charge on any atom is 0.262 e. The summed E-state index contributed by atoms with van der Waals surface area (Å²) in [6.45, 7) is 1.79. The Labute approximate surface area is 134 Å². The molecule has 3 rings (SSSR count). The predicted octanol–water partition coefficient (Wildman–Crippen LogP) is 3.03. The first-order valence-electron chi connectivity index (χ1n) is 7.10.